The maximum atomic E-state index is 12.8. The highest BCUT2D eigenvalue weighted by Gasteiger charge is 2.41. The minimum absolute atomic E-state index is 0.000333. The van der Waals surface area contributed by atoms with Gasteiger partial charge >= 0.3 is 6.03 Å². The second-order valence-electron chi connectivity index (χ2n) is 6.90. The van der Waals surface area contributed by atoms with Crippen LogP contribution in [0.4, 0.5) is 10.5 Å². The number of imide groups is 1. The number of anilines is 1. The van der Waals surface area contributed by atoms with Crippen LogP contribution in [0.1, 0.15) is 18.4 Å². The van der Waals surface area contributed by atoms with Gasteiger partial charge < -0.3 is 9.80 Å². The molecule has 0 unspecified atom stereocenters. The van der Waals surface area contributed by atoms with Gasteiger partial charge in [-0.05, 0) is 47.4 Å². The first kappa shape index (κ1) is 17.7. The maximum absolute atomic E-state index is 12.8. The molecule has 140 valence electrons. The number of rotatable bonds is 4. The van der Waals surface area contributed by atoms with Gasteiger partial charge in [-0.1, -0.05) is 18.2 Å². The molecular weight excluding hydrogens is 362 g/mol. The Bertz CT molecular complexity index is 829. The smallest absolute Gasteiger partial charge is 0.332 e. The Balaban J connectivity index is 1.36. The zero-order valence-corrected chi connectivity index (χ0v) is 15.7. The van der Waals surface area contributed by atoms with Crippen molar-refractivity contribution in [1.29, 1.82) is 0 Å². The van der Waals surface area contributed by atoms with Crippen LogP contribution < -0.4 is 4.90 Å². The number of piperidine rings is 1. The van der Waals surface area contributed by atoms with Gasteiger partial charge in [-0.25, -0.2) is 9.69 Å². The van der Waals surface area contributed by atoms with Gasteiger partial charge in [0.05, 0.1) is 12.1 Å². The molecule has 0 radical (unpaired) electrons. The molecule has 0 bridgehead atoms. The van der Waals surface area contributed by atoms with E-state index in [2.05, 4.69) is 0 Å². The Hall–Kier alpha value is -2.67. The summed E-state index contributed by atoms with van der Waals surface area (Å²) in [6, 6.07) is 10.7. The molecular formula is C20H21N3O3S. The number of likely N-dealkylation sites (tertiary alicyclic amines) is 1. The van der Waals surface area contributed by atoms with Crippen molar-refractivity contribution in [3.63, 3.8) is 0 Å². The highest BCUT2D eigenvalue weighted by atomic mass is 32.1. The average molecular weight is 383 g/mol. The van der Waals surface area contributed by atoms with E-state index in [0.717, 1.165) is 5.56 Å². The molecule has 1 aromatic carbocycles. The molecule has 0 aliphatic carbocycles. The zero-order chi connectivity index (χ0) is 18.8. The van der Waals surface area contributed by atoms with Crippen molar-refractivity contribution in [3.8, 4) is 0 Å². The fourth-order valence-electron chi connectivity index (χ4n) is 3.74. The van der Waals surface area contributed by atoms with Crippen LogP contribution in [-0.2, 0) is 16.0 Å². The van der Waals surface area contributed by atoms with E-state index in [1.807, 2.05) is 39.9 Å². The zero-order valence-electron chi connectivity index (χ0n) is 14.9. The maximum Gasteiger partial charge on any atom is 0.332 e. The molecule has 6 nitrogen and oxygen atoms in total. The number of thiophene rings is 1. The number of carbonyl (C=O) groups is 3. The lowest BCUT2D eigenvalue weighted by Crippen LogP contribution is -2.48. The van der Waals surface area contributed by atoms with Gasteiger partial charge in [0.1, 0.15) is 6.54 Å². The van der Waals surface area contributed by atoms with E-state index in [4.69, 9.17) is 0 Å². The van der Waals surface area contributed by atoms with Gasteiger partial charge in [0.2, 0.25) is 5.91 Å². The van der Waals surface area contributed by atoms with Crippen LogP contribution in [-0.4, -0.2) is 53.3 Å². The summed E-state index contributed by atoms with van der Waals surface area (Å²) in [6.07, 6.45) is 1.84. The van der Waals surface area contributed by atoms with E-state index in [1.165, 1.54) is 4.90 Å². The molecule has 2 aromatic rings. The topological polar surface area (TPSA) is 60.9 Å². The number of amides is 4. The summed E-state index contributed by atoms with van der Waals surface area (Å²) in [5.41, 5.74) is 1.66. The minimum atomic E-state index is -0.255. The van der Waals surface area contributed by atoms with E-state index >= 15 is 0 Å². The summed E-state index contributed by atoms with van der Waals surface area (Å²) in [5.74, 6) is -0.0660. The van der Waals surface area contributed by atoms with Crippen molar-refractivity contribution in [1.82, 2.24) is 9.80 Å². The Labute approximate surface area is 162 Å². The molecule has 27 heavy (non-hydrogen) atoms. The second kappa shape index (κ2) is 7.52. The molecule has 2 saturated heterocycles. The number of nitrogens with zero attached hydrogens (tertiary/aromatic N) is 3. The molecule has 1 aromatic heterocycles. The lowest BCUT2D eigenvalue weighted by Gasteiger charge is -2.36. The fraction of sp³-hybridized carbons (Fsp3) is 0.350. The summed E-state index contributed by atoms with van der Waals surface area (Å²) in [6.45, 7) is 1.36. The van der Waals surface area contributed by atoms with Gasteiger partial charge in [-0.3, -0.25) is 9.59 Å². The highest BCUT2D eigenvalue weighted by Crippen LogP contribution is 2.26. The Morgan fingerprint density at radius 2 is 1.81 bits per heavy atom. The number of hydrogen-bond acceptors (Lipinski definition) is 4. The molecule has 0 atom stereocenters. The third-order valence-electron chi connectivity index (χ3n) is 5.20. The Morgan fingerprint density at radius 3 is 2.48 bits per heavy atom. The monoisotopic (exact) mass is 383 g/mol. The molecule has 2 aliphatic heterocycles. The standard InChI is InChI=1S/C20H21N3O3S/c24-18(12-15-8-11-27-14-15)21-9-6-16(7-10-21)22-13-19(25)23(20(22)26)17-4-2-1-3-5-17/h1-5,8,11,14,16H,6-7,9-10,12-13H2. The molecule has 2 fully saturated rings. The number of carbonyl (C=O) groups excluding carboxylic acids is 3. The third-order valence-corrected chi connectivity index (χ3v) is 5.93. The van der Waals surface area contributed by atoms with Crippen molar-refractivity contribution in [3.05, 3.63) is 52.7 Å². The van der Waals surface area contributed by atoms with Crippen LogP contribution in [0.25, 0.3) is 0 Å². The molecule has 0 N–H and O–H groups in total. The second-order valence-corrected chi connectivity index (χ2v) is 7.68. The van der Waals surface area contributed by atoms with E-state index in [0.29, 0.717) is 38.0 Å². The van der Waals surface area contributed by atoms with Crippen molar-refractivity contribution in [2.45, 2.75) is 25.3 Å². The minimum Gasteiger partial charge on any atom is -0.342 e. The summed E-state index contributed by atoms with van der Waals surface area (Å²) < 4.78 is 0. The van der Waals surface area contributed by atoms with Crippen LogP contribution in [0.5, 0.6) is 0 Å². The predicted molar refractivity (Wildman–Crippen MR) is 104 cm³/mol. The van der Waals surface area contributed by atoms with Crippen LogP contribution in [0.15, 0.2) is 47.2 Å². The van der Waals surface area contributed by atoms with Crippen LogP contribution >= 0.6 is 11.3 Å². The molecule has 7 heteroatoms. The highest BCUT2D eigenvalue weighted by molar-refractivity contribution is 7.08. The quantitative estimate of drug-likeness (QED) is 0.763. The van der Waals surface area contributed by atoms with E-state index in [1.54, 1.807) is 28.4 Å². The summed E-state index contributed by atoms with van der Waals surface area (Å²) >= 11 is 1.59. The van der Waals surface area contributed by atoms with Gasteiger partial charge in [0.15, 0.2) is 0 Å². The number of para-hydroxylation sites is 1. The normalized spacial score (nSPS) is 18.4. The van der Waals surface area contributed by atoms with E-state index in [-0.39, 0.29) is 30.4 Å². The molecule has 3 heterocycles. The van der Waals surface area contributed by atoms with Crippen LogP contribution in [0.3, 0.4) is 0 Å². The molecule has 2 aliphatic rings. The lowest BCUT2D eigenvalue weighted by atomic mass is 10.0. The van der Waals surface area contributed by atoms with Gasteiger partial charge in [-0.2, -0.15) is 11.3 Å². The predicted octanol–water partition coefficient (Wildman–Crippen LogP) is 2.75. The lowest BCUT2D eigenvalue weighted by molar-refractivity contribution is -0.132. The first-order chi connectivity index (χ1) is 13.1. The Kier molecular flexibility index (Phi) is 4.94. The molecule has 4 amide bonds. The third kappa shape index (κ3) is 3.60. The summed E-state index contributed by atoms with van der Waals surface area (Å²) in [7, 11) is 0. The van der Waals surface area contributed by atoms with Crippen molar-refractivity contribution >= 4 is 34.9 Å². The molecule has 0 spiro atoms. The van der Waals surface area contributed by atoms with Gasteiger partial charge in [0, 0.05) is 19.1 Å². The van der Waals surface area contributed by atoms with Crippen LogP contribution in [0.2, 0.25) is 0 Å². The first-order valence-electron chi connectivity index (χ1n) is 9.11. The van der Waals surface area contributed by atoms with Crippen molar-refractivity contribution in [2.75, 3.05) is 24.5 Å². The van der Waals surface area contributed by atoms with Gasteiger partial charge in [0.25, 0.3) is 5.91 Å². The van der Waals surface area contributed by atoms with Gasteiger partial charge in [-0.15, -0.1) is 0 Å². The SMILES string of the molecule is O=C(Cc1ccsc1)N1CCC(N2CC(=O)N(c3ccccc3)C2=O)CC1. The number of urea groups is 1. The molecule has 4 rings (SSSR count). The first-order valence-corrected chi connectivity index (χ1v) is 10.1. The van der Waals surface area contributed by atoms with Crippen molar-refractivity contribution < 1.29 is 14.4 Å². The van der Waals surface area contributed by atoms with Crippen molar-refractivity contribution in [2.24, 2.45) is 0 Å². The fourth-order valence-corrected chi connectivity index (χ4v) is 4.41. The average Bonchev–Trinajstić information content (AvgIpc) is 3.30. The number of benzene rings is 1. The van der Waals surface area contributed by atoms with Crippen LogP contribution in [0, 0.1) is 0 Å². The molecule has 0 saturated carbocycles. The summed E-state index contributed by atoms with van der Waals surface area (Å²) in [5, 5.41) is 3.97. The largest absolute Gasteiger partial charge is 0.342 e. The Morgan fingerprint density at radius 1 is 1.07 bits per heavy atom. The number of hydrogen-bond donors (Lipinski definition) is 0. The van der Waals surface area contributed by atoms with E-state index in [9.17, 15) is 14.4 Å². The summed E-state index contributed by atoms with van der Waals surface area (Å²) in [4.78, 5) is 42.4. The van der Waals surface area contributed by atoms with E-state index < -0.39 is 0 Å².